The van der Waals surface area contributed by atoms with E-state index in [1.807, 2.05) is 60.5 Å². The zero-order valence-electron chi connectivity index (χ0n) is 13.7. The smallest absolute Gasteiger partial charge is 0.233 e. The summed E-state index contributed by atoms with van der Waals surface area (Å²) in [6, 6.07) is 14.1. The number of hydrogen-bond donors (Lipinski definition) is 0. The highest BCUT2D eigenvalue weighted by Crippen LogP contribution is 2.33. The van der Waals surface area contributed by atoms with Crippen LogP contribution in [-0.2, 0) is 11.3 Å². The molecule has 2 heterocycles. The lowest BCUT2D eigenvalue weighted by Crippen LogP contribution is -2.35. The molecule has 1 aromatic carbocycles. The van der Waals surface area contributed by atoms with Gasteiger partial charge in [-0.25, -0.2) is 0 Å². The van der Waals surface area contributed by atoms with Gasteiger partial charge in [-0.2, -0.15) is 0 Å². The maximum atomic E-state index is 13.1. The molecule has 1 aliphatic rings. The average Bonchev–Trinajstić information content (AvgIpc) is 3.37. The van der Waals surface area contributed by atoms with Crippen molar-refractivity contribution in [1.82, 2.24) is 9.88 Å². The van der Waals surface area contributed by atoms with Crippen LogP contribution in [0.5, 0.6) is 0 Å². The molecule has 1 aliphatic carbocycles. The first-order valence-corrected chi connectivity index (χ1v) is 8.40. The van der Waals surface area contributed by atoms with Gasteiger partial charge in [-0.3, -0.25) is 9.78 Å². The van der Waals surface area contributed by atoms with E-state index in [4.69, 9.17) is 4.42 Å². The van der Waals surface area contributed by atoms with E-state index in [0.717, 1.165) is 35.1 Å². The Kier molecular flexibility index (Phi) is 3.81. The number of amides is 1. The third-order valence-electron chi connectivity index (χ3n) is 4.59. The molecule has 1 amide bonds. The molecule has 1 fully saturated rings. The van der Waals surface area contributed by atoms with Crippen molar-refractivity contribution in [1.29, 1.82) is 0 Å². The van der Waals surface area contributed by atoms with Crippen molar-refractivity contribution in [3.63, 3.8) is 0 Å². The quantitative estimate of drug-likeness (QED) is 0.710. The van der Waals surface area contributed by atoms with Gasteiger partial charge in [0.15, 0.2) is 0 Å². The summed E-state index contributed by atoms with van der Waals surface area (Å²) in [5.41, 5.74) is 1.90. The lowest BCUT2D eigenvalue weighted by atomic mass is 10.1. The molecule has 2 aromatic heterocycles. The molecule has 3 aromatic rings. The van der Waals surface area contributed by atoms with Crippen molar-refractivity contribution in [3.8, 4) is 0 Å². The second kappa shape index (κ2) is 6.11. The van der Waals surface area contributed by atoms with Crippen molar-refractivity contribution in [2.24, 2.45) is 0 Å². The van der Waals surface area contributed by atoms with Crippen molar-refractivity contribution < 1.29 is 9.21 Å². The molecule has 0 aliphatic heterocycles. The van der Waals surface area contributed by atoms with E-state index in [0.29, 0.717) is 12.6 Å². The number of aromatic nitrogens is 1. The Morgan fingerprint density at radius 3 is 2.83 bits per heavy atom. The van der Waals surface area contributed by atoms with Crippen LogP contribution in [-0.4, -0.2) is 21.8 Å². The van der Waals surface area contributed by atoms with Gasteiger partial charge < -0.3 is 9.32 Å². The molecule has 4 nitrogen and oxygen atoms in total. The molecule has 122 valence electrons. The summed E-state index contributed by atoms with van der Waals surface area (Å²) in [7, 11) is 0. The normalized spacial score (nSPS) is 15.4. The lowest BCUT2D eigenvalue weighted by molar-refractivity contribution is -0.134. The summed E-state index contributed by atoms with van der Waals surface area (Å²) in [5.74, 6) is 0.577. The van der Waals surface area contributed by atoms with Gasteiger partial charge in [0.25, 0.3) is 0 Å². The molecule has 1 saturated carbocycles. The van der Waals surface area contributed by atoms with Gasteiger partial charge in [-0.1, -0.05) is 24.3 Å². The Bertz CT molecular complexity index is 819. The van der Waals surface area contributed by atoms with Crippen LogP contribution < -0.4 is 0 Å². The number of rotatable bonds is 5. The van der Waals surface area contributed by atoms with Crippen LogP contribution in [0.3, 0.4) is 0 Å². The second-order valence-electron chi connectivity index (χ2n) is 6.47. The molecular formula is C20H20N2O2. The van der Waals surface area contributed by atoms with Crippen LogP contribution >= 0.6 is 0 Å². The van der Waals surface area contributed by atoms with Gasteiger partial charge in [0.1, 0.15) is 11.3 Å². The SMILES string of the molecule is CC(C(=O)N(Cc1cccnc1)C1CC1)c1cc2ccccc2o1. The highest BCUT2D eigenvalue weighted by atomic mass is 16.3. The zero-order valence-corrected chi connectivity index (χ0v) is 13.7. The third-order valence-corrected chi connectivity index (χ3v) is 4.59. The summed E-state index contributed by atoms with van der Waals surface area (Å²) in [6.07, 6.45) is 5.75. The van der Waals surface area contributed by atoms with Gasteiger partial charge >= 0.3 is 0 Å². The number of carbonyl (C=O) groups is 1. The molecule has 1 unspecified atom stereocenters. The number of nitrogens with zero attached hydrogens (tertiary/aromatic N) is 2. The fourth-order valence-electron chi connectivity index (χ4n) is 3.05. The number of hydrogen-bond acceptors (Lipinski definition) is 3. The lowest BCUT2D eigenvalue weighted by Gasteiger charge is -2.25. The summed E-state index contributed by atoms with van der Waals surface area (Å²) < 4.78 is 5.89. The van der Waals surface area contributed by atoms with Gasteiger partial charge in [-0.15, -0.1) is 0 Å². The molecule has 0 spiro atoms. The number of para-hydroxylation sites is 1. The molecular weight excluding hydrogens is 300 g/mol. The summed E-state index contributed by atoms with van der Waals surface area (Å²) in [4.78, 5) is 19.2. The van der Waals surface area contributed by atoms with Crippen molar-refractivity contribution in [3.05, 3.63) is 66.2 Å². The fraction of sp³-hybridized carbons (Fsp3) is 0.300. The van der Waals surface area contributed by atoms with E-state index in [1.165, 1.54) is 0 Å². The first kappa shape index (κ1) is 14.9. The minimum Gasteiger partial charge on any atom is -0.460 e. The molecule has 4 rings (SSSR count). The zero-order chi connectivity index (χ0) is 16.5. The highest BCUT2D eigenvalue weighted by molar-refractivity contribution is 5.86. The standard InChI is InChI=1S/C20H20N2O2/c1-14(19-11-16-6-2-3-7-18(16)24-19)20(23)22(17-8-9-17)13-15-5-4-10-21-12-15/h2-7,10-12,14,17H,8-9,13H2,1H3. The van der Waals surface area contributed by atoms with E-state index < -0.39 is 0 Å². The number of pyridine rings is 1. The summed E-state index contributed by atoms with van der Waals surface area (Å²) in [5, 5.41) is 1.04. The molecule has 0 saturated heterocycles. The van der Waals surface area contributed by atoms with Crippen LogP contribution in [0, 0.1) is 0 Å². The van der Waals surface area contributed by atoms with E-state index in [9.17, 15) is 4.79 Å². The van der Waals surface area contributed by atoms with Gasteiger partial charge in [-0.05, 0) is 43.5 Å². The number of carbonyl (C=O) groups excluding carboxylic acids is 1. The van der Waals surface area contributed by atoms with E-state index in [1.54, 1.807) is 6.20 Å². The topological polar surface area (TPSA) is 46.3 Å². The number of furan rings is 1. The van der Waals surface area contributed by atoms with Crippen LogP contribution in [0.1, 0.15) is 37.0 Å². The first-order chi connectivity index (χ1) is 11.7. The Labute approximate surface area is 141 Å². The Morgan fingerprint density at radius 1 is 1.29 bits per heavy atom. The summed E-state index contributed by atoms with van der Waals surface area (Å²) in [6.45, 7) is 2.54. The Morgan fingerprint density at radius 2 is 2.12 bits per heavy atom. The molecule has 0 radical (unpaired) electrons. The monoisotopic (exact) mass is 320 g/mol. The summed E-state index contributed by atoms with van der Waals surface area (Å²) >= 11 is 0. The van der Waals surface area contributed by atoms with E-state index >= 15 is 0 Å². The van der Waals surface area contributed by atoms with Crippen LogP contribution in [0.25, 0.3) is 11.0 Å². The molecule has 0 N–H and O–H groups in total. The number of benzene rings is 1. The minimum absolute atomic E-state index is 0.125. The van der Waals surface area contributed by atoms with Crippen LogP contribution in [0.2, 0.25) is 0 Å². The maximum Gasteiger partial charge on any atom is 0.233 e. The van der Waals surface area contributed by atoms with Gasteiger partial charge in [0.2, 0.25) is 5.91 Å². The Balaban J connectivity index is 1.57. The van der Waals surface area contributed by atoms with Crippen LogP contribution in [0.4, 0.5) is 0 Å². The van der Waals surface area contributed by atoms with Gasteiger partial charge in [0, 0.05) is 30.4 Å². The van der Waals surface area contributed by atoms with Crippen molar-refractivity contribution in [2.45, 2.75) is 38.3 Å². The van der Waals surface area contributed by atoms with Crippen LogP contribution in [0.15, 0.2) is 59.3 Å². The predicted octanol–water partition coefficient (Wildman–Crippen LogP) is 4.12. The molecule has 4 heteroatoms. The second-order valence-corrected chi connectivity index (χ2v) is 6.47. The van der Waals surface area contributed by atoms with Crippen molar-refractivity contribution in [2.75, 3.05) is 0 Å². The molecule has 1 atom stereocenters. The first-order valence-electron chi connectivity index (χ1n) is 8.40. The minimum atomic E-state index is -0.283. The number of fused-ring (bicyclic) bond motifs is 1. The fourth-order valence-corrected chi connectivity index (χ4v) is 3.05. The molecule has 0 bridgehead atoms. The van der Waals surface area contributed by atoms with E-state index in [-0.39, 0.29) is 11.8 Å². The van der Waals surface area contributed by atoms with Gasteiger partial charge in [0.05, 0.1) is 5.92 Å². The molecule has 24 heavy (non-hydrogen) atoms. The highest BCUT2D eigenvalue weighted by Gasteiger charge is 2.35. The predicted molar refractivity (Wildman–Crippen MR) is 92.4 cm³/mol. The largest absolute Gasteiger partial charge is 0.460 e. The van der Waals surface area contributed by atoms with Crippen molar-refractivity contribution >= 4 is 16.9 Å². The van der Waals surface area contributed by atoms with E-state index in [2.05, 4.69) is 4.98 Å². The third kappa shape index (κ3) is 2.92. The maximum absolute atomic E-state index is 13.1. The average molecular weight is 320 g/mol. The Hall–Kier alpha value is -2.62.